The predicted octanol–water partition coefficient (Wildman–Crippen LogP) is 5.45. The van der Waals surface area contributed by atoms with Gasteiger partial charge in [-0.2, -0.15) is 0 Å². The van der Waals surface area contributed by atoms with Crippen LogP contribution in [-0.2, 0) is 26.2 Å². The number of ether oxygens (including phenoxy) is 1. The lowest BCUT2D eigenvalue weighted by Gasteiger charge is -2.33. The van der Waals surface area contributed by atoms with Crippen molar-refractivity contribution in [3.05, 3.63) is 87.9 Å². The molecule has 3 rings (SSSR count). The SMILES string of the molecule is CCOc1ccc(N(CC(=O)N(Cc2ccc(Cl)c(Cl)c2)[C@@H](CC)C(=O)NC)S(=O)(=O)c2ccc(C)cc2)cc1. The molecule has 0 aliphatic heterocycles. The molecular weight excluding hydrogens is 573 g/mol. The number of sulfonamides is 1. The topological polar surface area (TPSA) is 96.0 Å². The standard InChI is InChI=1S/C29H33Cl2N3O5S/c1-5-27(29(36)32-4)33(18-21-9-16-25(30)26(31)17-21)28(35)19-34(22-10-12-23(13-11-22)39-6-2)40(37,38)24-14-7-20(3)8-15-24/h7-17,27H,5-6,18-19H2,1-4H3,(H,32,36)/t27-/m0/s1. The van der Waals surface area contributed by atoms with Crippen molar-refractivity contribution in [1.82, 2.24) is 10.2 Å². The molecular formula is C29H33Cl2N3O5S. The number of carbonyl (C=O) groups is 2. The highest BCUT2D eigenvalue weighted by Crippen LogP contribution is 2.28. The van der Waals surface area contributed by atoms with Crippen LogP contribution in [0.3, 0.4) is 0 Å². The zero-order chi connectivity index (χ0) is 29.4. The van der Waals surface area contributed by atoms with Gasteiger partial charge in [-0.15, -0.1) is 0 Å². The van der Waals surface area contributed by atoms with Crippen molar-refractivity contribution >= 4 is 50.7 Å². The smallest absolute Gasteiger partial charge is 0.264 e. The first-order chi connectivity index (χ1) is 19.0. The Bertz CT molecular complexity index is 1430. The zero-order valence-electron chi connectivity index (χ0n) is 22.9. The van der Waals surface area contributed by atoms with E-state index in [2.05, 4.69) is 5.32 Å². The number of likely N-dealkylation sites (N-methyl/N-ethyl adjacent to an activating group) is 1. The molecule has 0 aliphatic carbocycles. The number of hydrogen-bond acceptors (Lipinski definition) is 5. The van der Waals surface area contributed by atoms with Gasteiger partial charge in [0, 0.05) is 13.6 Å². The summed E-state index contributed by atoms with van der Waals surface area (Å²) in [5, 5.41) is 3.25. The number of nitrogens with zero attached hydrogens (tertiary/aromatic N) is 2. The van der Waals surface area contributed by atoms with Crippen LogP contribution < -0.4 is 14.4 Å². The fraction of sp³-hybridized carbons (Fsp3) is 0.310. The van der Waals surface area contributed by atoms with Gasteiger partial charge < -0.3 is 15.0 Å². The average Bonchev–Trinajstić information content (AvgIpc) is 2.94. The number of nitrogens with one attached hydrogen (secondary N) is 1. The molecule has 0 bridgehead atoms. The van der Waals surface area contributed by atoms with E-state index >= 15 is 0 Å². The van der Waals surface area contributed by atoms with Crippen molar-refractivity contribution in [2.45, 2.75) is 44.7 Å². The van der Waals surface area contributed by atoms with Crippen molar-refractivity contribution in [2.75, 3.05) is 24.5 Å². The van der Waals surface area contributed by atoms with Crippen molar-refractivity contribution in [3.8, 4) is 5.75 Å². The van der Waals surface area contributed by atoms with E-state index in [9.17, 15) is 18.0 Å². The molecule has 40 heavy (non-hydrogen) atoms. The summed E-state index contributed by atoms with van der Waals surface area (Å²) in [6, 6.07) is 16.9. The summed E-state index contributed by atoms with van der Waals surface area (Å²) in [6.07, 6.45) is 0.306. The summed E-state index contributed by atoms with van der Waals surface area (Å²) >= 11 is 12.3. The Balaban J connectivity index is 2.06. The monoisotopic (exact) mass is 605 g/mol. The molecule has 11 heteroatoms. The zero-order valence-corrected chi connectivity index (χ0v) is 25.2. The highest BCUT2D eigenvalue weighted by molar-refractivity contribution is 7.92. The molecule has 3 aromatic rings. The van der Waals surface area contributed by atoms with Crippen molar-refractivity contribution in [3.63, 3.8) is 0 Å². The van der Waals surface area contributed by atoms with Gasteiger partial charge in [-0.3, -0.25) is 13.9 Å². The normalized spacial score (nSPS) is 11.9. The molecule has 0 saturated heterocycles. The Labute approximate surface area is 245 Å². The number of hydrogen-bond donors (Lipinski definition) is 1. The molecule has 0 spiro atoms. The second kappa shape index (κ2) is 13.9. The lowest BCUT2D eigenvalue weighted by atomic mass is 10.1. The van der Waals surface area contributed by atoms with E-state index in [4.69, 9.17) is 27.9 Å². The highest BCUT2D eigenvalue weighted by Gasteiger charge is 2.33. The molecule has 0 heterocycles. The van der Waals surface area contributed by atoms with E-state index in [0.29, 0.717) is 34.4 Å². The molecule has 0 unspecified atom stereocenters. The number of halogens is 2. The van der Waals surface area contributed by atoms with E-state index in [1.165, 1.54) is 24.1 Å². The van der Waals surface area contributed by atoms with Crippen LogP contribution in [0.25, 0.3) is 0 Å². The third-order valence-electron chi connectivity index (χ3n) is 6.29. The number of aryl methyl sites for hydroxylation is 1. The van der Waals surface area contributed by atoms with Crippen LogP contribution in [0.4, 0.5) is 5.69 Å². The Kier molecular flexibility index (Phi) is 10.8. The first-order valence-corrected chi connectivity index (χ1v) is 15.0. The maximum absolute atomic E-state index is 14.0. The Hall–Kier alpha value is -3.27. The summed E-state index contributed by atoms with van der Waals surface area (Å²) in [6.45, 7) is 5.41. The summed E-state index contributed by atoms with van der Waals surface area (Å²) < 4.78 is 34.3. The van der Waals surface area contributed by atoms with Gasteiger partial charge in [-0.25, -0.2) is 8.42 Å². The minimum atomic E-state index is -4.16. The minimum Gasteiger partial charge on any atom is -0.494 e. The van der Waals surface area contributed by atoms with Crippen molar-refractivity contribution in [2.24, 2.45) is 0 Å². The Morgan fingerprint density at radius 3 is 2.15 bits per heavy atom. The molecule has 0 saturated carbocycles. The number of anilines is 1. The first-order valence-electron chi connectivity index (χ1n) is 12.8. The number of rotatable bonds is 12. The third kappa shape index (κ3) is 7.47. The first kappa shape index (κ1) is 31.3. The van der Waals surface area contributed by atoms with Crippen LogP contribution in [0.15, 0.2) is 71.6 Å². The summed E-state index contributed by atoms with van der Waals surface area (Å²) in [5.74, 6) is -0.367. The minimum absolute atomic E-state index is 0.0172. The molecule has 3 aromatic carbocycles. The largest absolute Gasteiger partial charge is 0.494 e. The van der Waals surface area contributed by atoms with Crippen LogP contribution in [0.5, 0.6) is 5.75 Å². The fourth-order valence-electron chi connectivity index (χ4n) is 4.16. The van der Waals surface area contributed by atoms with E-state index in [-0.39, 0.29) is 23.0 Å². The van der Waals surface area contributed by atoms with Crippen LogP contribution in [0.2, 0.25) is 10.0 Å². The molecule has 2 amide bonds. The van der Waals surface area contributed by atoms with Gasteiger partial charge >= 0.3 is 0 Å². The van der Waals surface area contributed by atoms with Crippen LogP contribution in [0, 0.1) is 6.92 Å². The number of amides is 2. The second-order valence-corrected chi connectivity index (χ2v) is 11.7. The maximum atomic E-state index is 14.0. The van der Waals surface area contributed by atoms with Crippen molar-refractivity contribution < 1.29 is 22.7 Å². The molecule has 0 fully saturated rings. The molecule has 0 radical (unpaired) electrons. The molecule has 0 aliphatic rings. The van der Waals surface area contributed by atoms with Gasteiger partial charge in [0.15, 0.2) is 0 Å². The number of carbonyl (C=O) groups excluding carboxylic acids is 2. The molecule has 8 nitrogen and oxygen atoms in total. The van der Waals surface area contributed by atoms with Gasteiger partial charge in [0.05, 0.1) is 27.2 Å². The maximum Gasteiger partial charge on any atom is 0.264 e. The Morgan fingerprint density at radius 1 is 0.950 bits per heavy atom. The van der Waals surface area contributed by atoms with Crippen LogP contribution in [0.1, 0.15) is 31.4 Å². The van der Waals surface area contributed by atoms with E-state index in [0.717, 1.165) is 9.87 Å². The van der Waals surface area contributed by atoms with Gasteiger partial charge in [0.1, 0.15) is 18.3 Å². The van der Waals surface area contributed by atoms with Gasteiger partial charge in [0.2, 0.25) is 11.8 Å². The lowest BCUT2D eigenvalue weighted by Crippen LogP contribution is -2.51. The van der Waals surface area contributed by atoms with Gasteiger partial charge in [0.25, 0.3) is 10.0 Å². The van der Waals surface area contributed by atoms with Gasteiger partial charge in [-0.05, 0) is 74.4 Å². The van der Waals surface area contributed by atoms with Crippen molar-refractivity contribution in [1.29, 1.82) is 0 Å². The summed E-state index contributed by atoms with van der Waals surface area (Å²) in [4.78, 5) is 28.2. The molecule has 1 atom stereocenters. The quantitative estimate of drug-likeness (QED) is 0.296. The predicted molar refractivity (Wildman–Crippen MR) is 158 cm³/mol. The third-order valence-corrected chi connectivity index (χ3v) is 8.82. The van der Waals surface area contributed by atoms with Crippen LogP contribution in [-0.4, -0.2) is 51.4 Å². The van der Waals surface area contributed by atoms with Gasteiger partial charge in [-0.1, -0.05) is 53.9 Å². The van der Waals surface area contributed by atoms with Crippen LogP contribution >= 0.6 is 23.2 Å². The molecule has 0 aromatic heterocycles. The van der Waals surface area contributed by atoms with E-state index in [1.54, 1.807) is 61.5 Å². The fourth-order valence-corrected chi connectivity index (χ4v) is 5.90. The highest BCUT2D eigenvalue weighted by atomic mass is 35.5. The molecule has 214 valence electrons. The number of benzene rings is 3. The molecule has 1 N–H and O–H groups in total. The van der Waals surface area contributed by atoms with E-state index in [1.807, 2.05) is 13.8 Å². The lowest BCUT2D eigenvalue weighted by molar-refractivity contribution is -0.140. The second-order valence-electron chi connectivity index (χ2n) is 9.06. The summed E-state index contributed by atoms with van der Waals surface area (Å²) in [7, 11) is -2.68. The van der Waals surface area contributed by atoms with E-state index < -0.39 is 28.5 Å². The average molecular weight is 607 g/mol. The Morgan fingerprint density at radius 2 is 1.60 bits per heavy atom. The summed E-state index contributed by atoms with van der Waals surface area (Å²) in [5.41, 5.74) is 1.81.